The Morgan fingerprint density at radius 3 is 3.06 bits per heavy atom. The second kappa shape index (κ2) is 4.37. The van der Waals surface area contributed by atoms with Gasteiger partial charge in [0, 0.05) is 22.1 Å². The Hall–Kier alpha value is -0.970. The summed E-state index contributed by atoms with van der Waals surface area (Å²) in [6.07, 6.45) is 0.405. The summed E-state index contributed by atoms with van der Waals surface area (Å²) in [4.78, 5) is 0.904. The molecule has 1 N–H and O–H groups in total. The van der Waals surface area contributed by atoms with Crippen LogP contribution in [-0.4, -0.2) is 18.3 Å². The van der Waals surface area contributed by atoms with Crippen molar-refractivity contribution in [3.63, 3.8) is 0 Å². The van der Waals surface area contributed by atoms with Gasteiger partial charge in [-0.3, -0.25) is 0 Å². The number of ether oxygens (including phenoxy) is 1. The highest BCUT2D eigenvalue weighted by Gasteiger charge is 2.26. The summed E-state index contributed by atoms with van der Waals surface area (Å²) in [5.41, 5.74) is 0. The zero-order valence-corrected chi connectivity index (χ0v) is 10.0. The Balaban J connectivity index is 1.94. The molecular formula is C13H13FO2S. The van der Waals surface area contributed by atoms with Crippen molar-refractivity contribution in [3.8, 4) is 0 Å². The first-order valence-corrected chi connectivity index (χ1v) is 6.50. The van der Waals surface area contributed by atoms with Gasteiger partial charge in [0.25, 0.3) is 0 Å². The van der Waals surface area contributed by atoms with E-state index in [4.69, 9.17) is 4.74 Å². The van der Waals surface area contributed by atoms with Gasteiger partial charge in [0.05, 0.1) is 12.7 Å². The molecule has 4 heteroatoms. The van der Waals surface area contributed by atoms with Crippen molar-refractivity contribution >= 4 is 21.4 Å². The largest absolute Gasteiger partial charge is 0.387 e. The van der Waals surface area contributed by atoms with E-state index in [0.29, 0.717) is 6.61 Å². The summed E-state index contributed by atoms with van der Waals surface area (Å²) in [6, 6.07) is 6.66. The van der Waals surface area contributed by atoms with Crippen molar-refractivity contribution in [2.24, 2.45) is 5.92 Å². The molecule has 0 bridgehead atoms. The summed E-state index contributed by atoms with van der Waals surface area (Å²) in [5.74, 6) is -0.0579. The predicted molar refractivity (Wildman–Crippen MR) is 65.7 cm³/mol. The molecule has 1 aromatic carbocycles. The first-order valence-electron chi connectivity index (χ1n) is 5.69. The van der Waals surface area contributed by atoms with Crippen LogP contribution in [0, 0.1) is 11.7 Å². The molecule has 1 aliphatic heterocycles. The third-order valence-electron chi connectivity index (χ3n) is 3.20. The fraction of sp³-hybridized carbons (Fsp3) is 0.385. The van der Waals surface area contributed by atoms with Crippen LogP contribution in [0.4, 0.5) is 4.39 Å². The Morgan fingerprint density at radius 1 is 1.41 bits per heavy atom. The van der Waals surface area contributed by atoms with Gasteiger partial charge in [0.15, 0.2) is 0 Å². The van der Waals surface area contributed by atoms with Crippen LogP contribution in [0.3, 0.4) is 0 Å². The van der Waals surface area contributed by atoms with Crippen molar-refractivity contribution in [3.05, 3.63) is 35.0 Å². The molecule has 0 radical (unpaired) electrons. The maximum Gasteiger partial charge on any atom is 0.124 e. The number of hydrogen-bond donors (Lipinski definition) is 1. The first kappa shape index (κ1) is 11.1. The molecule has 0 amide bonds. The molecule has 17 heavy (non-hydrogen) atoms. The van der Waals surface area contributed by atoms with E-state index in [1.165, 1.54) is 23.5 Å². The number of aliphatic hydroxyl groups is 1. The molecular weight excluding hydrogens is 239 g/mol. The van der Waals surface area contributed by atoms with E-state index in [1.807, 2.05) is 6.07 Å². The molecule has 2 aromatic rings. The van der Waals surface area contributed by atoms with Gasteiger partial charge in [-0.1, -0.05) is 6.07 Å². The highest BCUT2D eigenvalue weighted by Crippen LogP contribution is 2.36. The van der Waals surface area contributed by atoms with Crippen LogP contribution in [-0.2, 0) is 4.74 Å². The fourth-order valence-corrected chi connectivity index (χ4v) is 3.37. The number of rotatable bonds is 2. The number of aliphatic hydroxyl groups excluding tert-OH is 1. The SMILES string of the molecule is OC(c1cc2ccc(F)cc2s1)C1CCOC1. The van der Waals surface area contributed by atoms with Gasteiger partial charge in [-0.15, -0.1) is 11.3 Å². The lowest BCUT2D eigenvalue weighted by atomic mass is 10.0. The zero-order valence-electron chi connectivity index (χ0n) is 9.23. The number of thiophene rings is 1. The van der Waals surface area contributed by atoms with E-state index < -0.39 is 6.10 Å². The van der Waals surface area contributed by atoms with Gasteiger partial charge in [0.2, 0.25) is 0 Å². The normalized spacial score (nSPS) is 22.1. The Labute approximate surface area is 103 Å². The molecule has 1 aromatic heterocycles. The summed E-state index contributed by atoms with van der Waals surface area (Å²) < 4.78 is 19.2. The van der Waals surface area contributed by atoms with E-state index in [0.717, 1.165) is 28.0 Å². The molecule has 0 saturated carbocycles. The fourth-order valence-electron chi connectivity index (χ4n) is 2.21. The van der Waals surface area contributed by atoms with Crippen LogP contribution >= 0.6 is 11.3 Å². The maximum atomic E-state index is 13.1. The first-order chi connectivity index (χ1) is 8.24. The molecule has 1 aliphatic rings. The van der Waals surface area contributed by atoms with Crippen molar-refractivity contribution in [2.45, 2.75) is 12.5 Å². The number of benzene rings is 1. The Morgan fingerprint density at radius 2 is 2.29 bits per heavy atom. The predicted octanol–water partition coefficient (Wildman–Crippen LogP) is 3.11. The monoisotopic (exact) mass is 252 g/mol. The second-order valence-electron chi connectivity index (χ2n) is 4.40. The lowest BCUT2D eigenvalue weighted by Gasteiger charge is -2.13. The van der Waals surface area contributed by atoms with Crippen molar-refractivity contribution < 1.29 is 14.2 Å². The molecule has 90 valence electrons. The number of hydrogen-bond acceptors (Lipinski definition) is 3. The second-order valence-corrected chi connectivity index (χ2v) is 5.51. The average Bonchev–Trinajstić information content (AvgIpc) is 2.96. The Bertz CT molecular complexity index is 531. The maximum absolute atomic E-state index is 13.1. The van der Waals surface area contributed by atoms with Crippen molar-refractivity contribution in [1.29, 1.82) is 0 Å². The molecule has 2 atom stereocenters. The van der Waals surface area contributed by atoms with Gasteiger partial charge >= 0.3 is 0 Å². The average molecular weight is 252 g/mol. The zero-order chi connectivity index (χ0) is 11.8. The number of halogens is 1. The van der Waals surface area contributed by atoms with Gasteiger partial charge in [-0.05, 0) is 30.0 Å². The quantitative estimate of drug-likeness (QED) is 0.890. The van der Waals surface area contributed by atoms with Crippen LogP contribution < -0.4 is 0 Å². The highest BCUT2D eigenvalue weighted by atomic mass is 32.1. The van der Waals surface area contributed by atoms with Crippen molar-refractivity contribution in [2.75, 3.05) is 13.2 Å². The third kappa shape index (κ3) is 2.08. The van der Waals surface area contributed by atoms with Crippen LogP contribution in [0.5, 0.6) is 0 Å². The van der Waals surface area contributed by atoms with Gasteiger partial charge < -0.3 is 9.84 Å². The molecule has 2 unspecified atom stereocenters. The van der Waals surface area contributed by atoms with E-state index in [-0.39, 0.29) is 11.7 Å². The van der Waals surface area contributed by atoms with Crippen LogP contribution in [0.25, 0.3) is 10.1 Å². The van der Waals surface area contributed by atoms with Gasteiger partial charge in [-0.2, -0.15) is 0 Å². The molecule has 1 fully saturated rings. The molecule has 0 spiro atoms. The summed E-state index contributed by atoms with van der Waals surface area (Å²) in [7, 11) is 0. The standard InChI is InChI=1S/C13H13FO2S/c14-10-2-1-8-5-12(17-11(8)6-10)13(15)9-3-4-16-7-9/h1-2,5-6,9,13,15H,3-4,7H2. The summed E-state index contributed by atoms with van der Waals surface area (Å²) in [5, 5.41) is 11.2. The minimum atomic E-state index is -0.488. The molecule has 2 heterocycles. The molecule has 1 saturated heterocycles. The highest BCUT2D eigenvalue weighted by molar-refractivity contribution is 7.19. The number of fused-ring (bicyclic) bond motifs is 1. The lowest BCUT2D eigenvalue weighted by molar-refractivity contribution is 0.0945. The lowest BCUT2D eigenvalue weighted by Crippen LogP contribution is -2.10. The van der Waals surface area contributed by atoms with E-state index in [9.17, 15) is 9.50 Å². The van der Waals surface area contributed by atoms with Gasteiger partial charge in [-0.25, -0.2) is 4.39 Å². The van der Waals surface area contributed by atoms with E-state index in [1.54, 1.807) is 6.07 Å². The van der Waals surface area contributed by atoms with Crippen molar-refractivity contribution in [1.82, 2.24) is 0 Å². The molecule has 3 rings (SSSR count). The molecule has 2 nitrogen and oxygen atoms in total. The van der Waals surface area contributed by atoms with Crippen LogP contribution in [0.1, 0.15) is 17.4 Å². The van der Waals surface area contributed by atoms with Crippen LogP contribution in [0.15, 0.2) is 24.3 Å². The molecule has 0 aliphatic carbocycles. The van der Waals surface area contributed by atoms with Gasteiger partial charge in [0.1, 0.15) is 5.82 Å². The van der Waals surface area contributed by atoms with E-state index in [2.05, 4.69) is 0 Å². The minimum absolute atomic E-state index is 0.174. The minimum Gasteiger partial charge on any atom is -0.387 e. The smallest absolute Gasteiger partial charge is 0.124 e. The summed E-state index contributed by atoms with van der Waals surface area (Å²) >= 11 is 1.46. The summed E-state index contributed by atoms with van der Waals surface area (Å²) in [6.45, 7) is 1.34. The Kier molecular flexibility index (Phi) is 2.86. The van der Waals surface area contributed by atoms with E-state index >= 15 is 0 Å². The van der Waals surface area contributed by atoms with Crippen LogP contribution in [0.2, 0.25) is 0 Å². The third-order valence-corrected chi connectivity index (χ3v) is 4.37. The topological polar surface area (TPSA) is 29.5 Å².